The Bertz CT molecular complexity index is 782. The molecule has 0 fully saturated rings. The molecule has 2 aromatic carbocycles. The Hall–Kier alpha value is -2.62. The lowest BCUT2D eigenvalue weighted by Gasteiger charge is -2.12. The van der Waals surface area contributed by atoms with Gasteiger partial charge in [-0.25, -0.2) is 4.39 Å². The molecule has 0 saturated carbocycles. The van der Waals surface area contributed by atoms with Gasteiger partial charge < -0.3 is 11.1 Å². The van der Waals surface area contributed by atoms with Gasteiger partial charge in [0, 0.05) is 23.8 Å². The Morgan fingerprint density at radius 2 is 1.95 bits per heavy atom. The summed E-state index contributed by atoms with van der Waals surface area (Å²) in [6.45, 7) is 2.57. The van der Waals surface area contributed by atoms with E-state index in [1.54, 1.807) is 12.3 Å². The minimum atomic E-state index is -0.384. The largest absolute Gasteiger partial charge is 0.398 e. The number of rotatable bonds is 3. The average molecular weight is 281 g/mol. The maximum absolute atomic E-state index is 14.2. The smallest absolute Gasteiger partial charge is 0.150 e. The van der Waals surface area contributed by atoms with Crippen LogP contribution >= 0.6 is 0 Å². The van der Waals surface area contributed by atoms with E-state index in [2.05, 4.69) is 10.3 Å². The maximum atomic E-state index is 14.2. The molecule has 106 valence electrons. The van der Waals surface area contributed by atoms with E-state index in [-0.39, 0.29) is 5.82 Å². The van der Waals surface area contributed by atoms with Crippen molar-refractivity contribution in [2.45, 2.75) is 13.5 Å². The zero-order chi connectivity index (χ0) is 14.8. The Labute approximate surface area is 122 Å². The van der Waals surface area contributed by atoms with Gasteiger partial charge in [-0.1, -0.05) is 29.8 Å². The summed E-state index contributed by atoms with van der Waals surface area (Å²) < 4.78 is 14.2. The molecule has 0 spiro atoms. The lowest BCUT2D eigenvalue weighted by atomic mass is 10.1. The highest BCUT2D eigenvalue weighted by Gasteiger charge is 2.11. The molecular formula is C17H16FN3. The van der Waals surface area contributed by atoms with Crippen LogP contribution in [0.4, 0.5) is 15.8 Å². The van der Waals surface area contributed by atoms with E-state index >= 15 is 0 Å². The van der Waals surface area contributed by atoms with Gasteiger partial charge in [0.2, 0.25) is 0 Å². The van der Waals surface area contributed by atoms with Crippen LogP contribution in [-0.2, 0) is 6.54 Å². The van der Waals surface area contributed by atoms with E-state index in [0.29, 0.717) is 23.4 Å². The Morgan fingerprint density at radius 3 is 2.71 bits per heavy atom. The first-order valence-corrected chi connectivity index (χ1v) is 6.77. The van der Waals surface area contributed by atoms with Gasteiger partial charge >= 0.3 is 0 Å². The van der Waals surface area contributed by atoms with Crippen molar-refractivity contribution < 1.29 is 4.39 Å². The number of halogens is 1. The number of nitrogens with two attached hydrogens (primary N) is 1. The van der Waals surface area contributed by atoms with E-state index in [1.807, 2.05) is 37.3 Å². The molecule has 4 heteroatoms. The number of nitrogens with one attached hydrogen (secondary N) is 1. The van der Waals surface area contributed by atoms with Gasteiger partial charge in [0.1, 0.15) is 0 Å². The van der Waals surface area contributed by atoms with E-state index in [9.17, 15) is 4.39 Å². The van der Waals surface area contributed by atoms with Crippen molar-refractivity contribution in [2.24, 2.45) is 0 Å². The molecule has 0 bridgehead atoms. The van der Waals surface area contributed by atoms with E-state index in [1.165, 1.54) is 11.6 Å². The summed E-state index contributed by atoms with van der Waals surface area (Å²) in [5.74, 6) is -0.384. The molecule has 1 aromatic heterocycles. The predicted molar refractivity (Wildman–Crippen MR) is 84.6 cm³/mol. The fourth-order valence-corrected chi connectivity index (χ4v) is 2.30. The van der Waals surface area contributed by atoms with Gasteiger partial charge in [0.25, 0.3) is 0 Å². The first-order valence-electron chi connectivity index (χ1n) is 6.77. The third kappa shape index (κ3) is 2.65. The predicted octanol–water partition coefficient (Wildman–Crippen LogP) is 3.88. The standard InChI is InChI=1S/C17H16FN3/c1-11-4-6-12(7-5-11)10-21-17-14(18)9-15(19)13-3-2-8-20-16(13)17/h2-9,21H,10,19H2,1H3. The van der Waals surface area contributed by atoms with Crippen LogP contribution in [-0.4, -0.2) is 4.98 Å². The highest BCUT2D eigenvalue weighted by atomic mass is 19.1. The highest BCUT2D eigenvalue weighted by molar-refractivity contribution is 5.98. The van der Waals surface area contributed by atoms with Gasteiger partial charge in [-0.3, -0.25) is 4.98 Å². The van der Waals surface area contributed by atoms with Crippen LogP contribution in [0.1, 0.15) is 11.1 Å². The first-order chi connectivity index (χ1) is 10.1. The van der Waals surface area contributed by atoms with Crippen molar-refractivity contribution in [2.75, 3.05) is 11.1 Å². The molecule has 0 aliphatic carbocycles. The van der Waals surface area contributed by atoms with Crippen LogP contribution in [0.2, 0.25) is 0 Å². The quantitative estimate of drug-likeness (QED) is 0.716. The molecule has 0 aliphatic heterocycles. The van der Waals surface area contributed by atoms with E-state index < -0.39 is 0 Å². The number of hydrogen-bond donors (Lipinski definition) is 2. The number of aromatic nitrogens is 1. The molecule has 0 aliphatic rings. The van der Waals surface area contributed by atoms with E-state index in [0.717, 1.165) is 10.9 Å². The molecule has 1 heterocycles. The average Bonchev–Trinajstić information content (AvgIpc) is 2.49. The van der Waals surface area contributed by atoms with Crippen molar-refractivity contribution in [3.63, 3.8) is 0 Å². The van der Waals surface area contributed by atoms with Crippen LogP contribution in [0, 0.1) is 12.7 Å². The fourth-order valence-electron chi connectivity index (χ4n) is 2.30. The number of aryl methyl sites for hydroxylation is 1. The maximum Gasteiger partial charge on any atom is 0.150 e. The Morgan fingerprint density at radius 1 is 1.19 bits per heavy atom. The molecule has 3 aromatic rings. The molecule has 0 unspecified atom stereocenters. The van der Waals surface area contributed by atoms with Crippen molar-refractivity contribution in [3.8, 4) is 0 Å². The normalized spacial score (nSPS) is 10.8. The number of fused-ring (bicyclic) bond motifs is 1. The number of pyridine rings is 1. The number of nitrogen functional groups attached to an aromatic ring is 1. The molecule has 0 radical (unpaired) electrons. The van der Waals surface area contributed by atoms with Gasteiger partial charge in [0.05, 0.1) is 11.2 Å². The van der Waals surface area contributed by atoms with Crippen LogP contribution < -0.4 is 11.1 Å². The molecule has 0 saturated heterocycles. The Balaban J connectivity index is 1.95. The lowest BCUT2D eigenvalue weighted by molar-refractivity contribution is 0.632. The highest BCUT2D eigenvalue weighted by Crippen LogP contribution is 2.29. The van der Waals surface area contributed by atoms with Gasteiger partial charge in [-0.05, 0) is 30.7 Å². The second kappa shape index (κ2) is 5.40. The number of nitrogens with zero attached hydrogens (tertiary/aromatic N) is 1. The summed E-state index contributed by atoms with van der Waals surface area (Å²) in [6, 6.07) is 13.1. The zero-order valence-corrected chi connectivity index (χ0v) is 11.7. The van der Waals surface area contributed by atoms with Crippen LogP contribution in [0.5, 0.6) is 0 Å². The topological polar surface area (TPSA) is 50.9 Å². The molecule has 3 rings (SSSR count). The lowest BCUT2D eigenvalue weighted by Crippen LogP contribution is -2.04. The number of benzene rings is 2. The monoisotopic (exact) mass is 281 g/mol. The fraction of sp³-hybridized carbons (Fsp3) is 0.118. The van der Waals surface area contributed by atoms with Crippen molar-refractivity contribution in [1.82, 2.24) is 4.98 Å². The Kier molecular flexibility index (Phi) is 3.44. The zero-order valence-electron chi connectivity index (χ0n) is 11.7. The summed E-state index contributed by atoms with van der Waals surface area (Å²) in [4.78, 5) is 4.25. The summed E-state index contributed by atoms with van der Waals surface area (Å²) in [6.07, 6.45) is 1.64. The molecule has 0 amide bonds. The molecular weight excluding hydrogens is 265 g/mol. The summed E-state index contributed by atoms with van der Waals surface area (Å²) >= 11 is 0. The second-order valence-electron chi connectivity index (χ2n) is 5.06. The molecule has 3 N–H and O–H groups in total. The minimum Gasteiger partial charge on any atom is -0.398 e. The second-order valence-corrected chi connectivity index (χ2v) is 5.06. The third-order valence-corrected chi connectivity index (χ3v) is 3.47. The van der Waals surface area contributed by atoms with Crippen LogP contribution in [0.25, 0.3) is 10.9 Å². The van der Waals surface area contributed by atoms with Crippen molar-refractivity contribution >= 4 is 22.3 Å². The van der Waals surface area contributed by atoms with Gasteiger partial charge in [-0.15, -0.1) is 0 Å². The third-order valence-electron chi connectivity index (χ3n) is 3.47. The molecule has 3 nitrogen and oxygen atoms in total. The van der Waals surface area contributed by atoms with Crippen LogP contribution in [0.3, 0.4) is 0 Å². The summed E-state index contributed by atoms with van der Waals surface area (Å²) in [5.41, 5.74) is 9.47. The van der Waals surface area contributed by atoms with Crippen molar-refractivity contribution in [1.29, 1.82) is 0 Å². The van der Waals surface area contributed by atoms with Gasteiger partial charge in [0.15, 0.2) is 5.82 Å². The van der Waals surface area contributed by atoms with Gasteiger partial charge in [-0.2, -0.15) is 0 Å². The van der Waals surface area contributed by atoms with Crippen molar-refractivity contribution in [3.05, 3.63) is 65.6 Å². The summed E-state index contributed by atoms with van der Waals surface area (Å²) in [5, 5.41) is 3.88. The molecule has 0 atom stereocenters. The SMILES string of the molecule is Cc1ccc(CNc2c(F)cc(N)c3cccnc23)cc1. The number of anilines is 2. The first kappa shape index (κ1) is 13.4. The number of hydrogen-bond acceptors (Lipinski definition) is 3. The summed E-state index contributed by atoms with van der Waals surface area (Å²) in [7, 11) is 0. The minimum absolute atomic E-state index is 0.384. The van der Waals surface area contributed by atoms with E-state index in [4.69, 9.17) is 5.73 Å². The molecule has 21 heavy (non-hydrogen) atoms. The van der Waals surface area contributed by atoms with Crippen LogP contribution in [0.15, 0.2) is 48.7 Å².